The summed E-state index contributed by atoms with van der Waals surface area (Å²) < 4.78 is 0. The van der Waals surface area contributed by atoms with E-state index < -0.39 is 21.8 Å². The molecule has 2 aromatic carbocycles. The highest BCUT2D eigenvalue weighted by atomic mass is 16.6. The third kappa shape index (κ3) is 3.41. The predicted molar refractivity (Wildman–Crippen MR) is 110 cm³/mol. The third-order valence-corrected chi connectivity index (χ3v) is 4.73. The Bertz CT molecular complexity index is 1390. The zero-order valence-electron chi connectivity index (χ0n) is 15.8. The van der Waals surface area contributed by atoms with Gasteiger partial charge in [-0.05, 0) is 24.3 Å². The van der Waals surface area contributed by atoms with Crippen molar-refractivity contribution < 1.29 is 29.6 Å². The van der Waals surface area contributed by atoms with Crippen LogP contribution in [0.1, 0.15) is 20.7 Å². The van der Waals surface area contributed by atoms with Crippen LogP contribution in [0.4, 0.5) is 11.4 Å². The van der Waals surface area contributed by atoms with Gasteiger partial charge in [0, 0.05) is 35.0 Å². The number of benzene rings is 2. The van der Waals surface area contributed by atoms with E-state index in [0.29, 0.717) is 0 Å². The Morgan fingerprint density at radius 1 is 0.688 bits per heavy atom. The fraction of sp³-hybridized carbons (Fsp3) is 0. The summed E-state index contributed by atoms with van der Waals surface area (Å²) in [5.41, 5.74) is -0.882. The Morgan fingerprint density at radius 3 is 1.38 bits per heavy atom. The minimum Gasteiger partial charge on any atom is -0.478 e. The molecule has 0 amide bonds. The molecule has 0 aliphatic rings. The van der Waals surface area contributed by atoms with Crippen molar-refractivity contribution in [2.45, 2.75) is 0 Å². The van der Waals surface area contributed by atoms with E-state index in [1.165, 1.54) is 24.3 Å². The van der Waals surface area contributed by atoms with E-state index in [1.807, 2.05) is 0 Å². The summed E-state index contributed by atoms with van der Waals surface area (Å²) >= 11 is 0. The third-order valence-electron chi connectivity index (χ3n) is 4.73. The normalized spacial score (nSPS) is 10.9. The van der Waals surface area contributed by atoms with Crippen molar-refractivity contribution in [3.63, 3.8) is 0 Å². The van der Waals surface area contributed by atoms with Crippen molar-refractivity contribution in [2.75, 3.05) is 0 Å². The van der Waals surface area contributed by atoms with Crippen LogP contribution in [0, 0.1) is 20.2 Å². The number of hydrogen-bond acceptors (Lipinski definition) is 8. The minimum atomic E-state index is -1.37. The minimum absolute atomic E-state index is 0.0199. The molecule has 0 aliphatic heterocycles. The highest BCUT2D eigenvalue weighted by molar-refractivity contribution is 6.06. The Morgan fingerprint density at radius 2 is 1.06 bits per heavy atom. The number of fused-ring (bicyclic) bond motifs is 2. The van der Waals surface area contributed by atoms with Crippen molar-refractivity contribution in [3.05, 3.63) is 79.9 Å². The van der Waals surface area contributed by atoms with Gasteiger partial charge in [-0.1, -0.05) is 0 Å². The van der Waals surface area contributed by atoms with Crippen LogP contribution >= 0.6 is 0 Å². The van der Waals surface area contributed by atoms with Gasteiger partial charge in [0.05, 0.1) is 43.4 Å². The first kappa shape index (κ1) is 20.3. The maximum atomic E-state index is 11.8. The molecule has 0 saturated carbocycles. The maximum absolute atomic E-state index is 11.8. The van der Waals surface area contributed by atoms with E-state index in [4.69, 9.17) is 0 Å². The lowest BCUT2D eigenvalue weighted by Gasteiger charge is -2.09. The van der Waals surface area contributed by atoms with Gasteiger partial charge in [-0.2, -0.15) is 0 Å². The van der Waals surface area contributed by atoms with Crippen LogP contribution in [0.15, 0.2) is 48.5 Å². The second-order valence-corrected chi connectivity index (χ2v) is 6.64. The monoisotopic (exact) mass is 434 g/mol. The van der Waals surface area contributed by atoms with Gasteiger partial charge in [-0.25, -0.2) is 19.6 Å². The van der Waals surface area contributed by atoms with Crippen LogP contribution in [0.2, 0.25) is 0 Å². The predicted octanol–water partition coefficient (Wildman–Crippen LogP) is 3.66. The van der Waals surface area contributed by atoms with Crippen LogP contribution < -0.4 is 0 Å². The molecule has 0 spiro atoms. The number of aromatic carboxylic acids is 2. The molecular weight excluding hydrogens is 424 g/mol. The Hall–Kier alpha value is -5.00. The molecule has 0 saturated heterocycles. The van der Waals surface area contributed by atoms with Crippen LogP contribution in [0.25, 0.3) is 33.2 Å². The molecule has 0 bridgehead atoms. The van der Waals surface area contributed by atoms with Crippen molar-refractivity contribution >= 4 is 45.1 Å². The van der Waals surface area contributed by atoms with Crippen LogP contribution in [0.3, 0.4) is 0 Å². The molecule has 0 aliphatic carbocycles. The van der Waals surface area contributed by atoms with Gasteiger partial charge in [0.25, 0.3) is 11.4 Å². The van der Waals surface area contributed by atoms with E-state index in [9.17, 15) is 40.0 Å². The van der Waals surface area contributed by atoms with E-state index in [0.717, 1.165) is 24.3 Å². The molecule has 0 radical (unpaired) electrons. The van der Waals surface area contributed by atoms with E-state index in [-0.39, 0.29) is 55.7 Å². The number of nitro benzene ring substituents is 2. The average Bonchev–Trinajstić information content (AvgIpc) is 2.76. The van der Waals surface area contributed by atoms with Crippen LogP contribution in [-0.2, 0) is 0 Å². The molecule has 158 valence electrons. The second kappa shape index (κ2) is 7.36. The number of carbonyl (C=O) groups is 2. The van der Waals surface area contributed by atoms with E-state index in [2.05, 4.69) is 9.97 Å². The molecule has 12 heteroatoms. The largest absolute Gasteiger partial charge is 0.478 e. The lowest BCUT2D eigenvalue weighted by molar-refractivity contribution is -0.384. The summed E-state index contributed by atoms with van der Waals surface area (Å²) in [5, 5.41) is 41.3. The quantitative estimate of drug-likeness (QED) is 0.346. The van der Waals surface area contributed by atoms with Crippen LogP contribution in [-0.4, -0.2) is 42.0 Å². The topological polar surface area (TPSA) is 187 Å². The number of pyridine rings is 2. The summed E-state index contributed by atoms with van der Waals surface area (Å²) in [6.45, 7) is 0. The van der Waals surface area contributed by atoms with Gasteiger partial charge in [0.2, 0.25) is 0 Å². The number of non-ortho nitro benzene ring substituents is 2. The number of hydrogen-bond donors (Lipinski definition) is 2. The first-order valence-electron chi connectivity index (χ1n) is 8.81. The van der Waals surface area contributed by atoms with Crippen molar-refractivity contribution in [1.82, 2.24) is 9.97 Å². The SMILES string of the molecule is O=C(O)c1cc(-c2cc(C(=O)O)c3cc([N+](=O)[O-])ccc3n2)nc2ccc([N+](=O)[O-])cc12. The fourth-order valence-electron chi connectivity index (χ4n) is 3.27. The van der Waals surface area contributed by atoms with Gasteiger partial charge >= 0.3 is 11.9 Å². The number of carboxylic acid groups (broad SMARTS) is 2. The van der Waals surface area contributed by atoms with Crippen molar-refractivity contribution in [3.8, 4) is 11.4 Å². The summed E-state index contributed by atoms with van der Waals surface area (Å²) in [7, 11) is 0. The smallest absolute Gasteiger partial charge is 0.336 e. The van der Waals surface area contributed by atoms with Crippen molar-refractivity contribution in [1.29, 1.82) is 0 Å². The molecule has 2 N–H and O–H groups in total. The van der Waals surface area contributed by atoms with Gasteiger partial charge in [0.15, 0.2) is 0 Å². The molecule has 4 aromatic rings. The summed E-state index contributed by atoms with van der Waals surface area (Å²) in [4.78, 5) is 52.9. The van der Waals surface area contributed by atoms with E-state index in [1.54, 1.807) is 0 Å². The number of nitro groups is 2. The molecule has 2 aromatic heterocycles. The highest BCUT2D eigenvalue weighted by Gasteiger charge is 2.20. The molecule has 2 heterocycles. The molecule has 0 unspecified atom stereocenters. The fourth-order valence-corrected chi connectivity index (χ4v) is 3.27. The molecular formula is C20H10N4O8. The van der Waals surface area contributed by atoms with Gasteiger partial charge < -0.3 is 10.2 Å². The van der Waals surface area contributed by atoms with E-state index >= 15 is 0 Å². The second-order valence-electron chi connectivity index (χ2n) is 6.64. The number of carboxylic acids is 2. The summed E-state index contributed by atoms with van der Waals surface area (Å²) in [6.07, 6.45) is 0. The van der Waals surface area contributed by atoms with Gasteiger partial charge in [-0.3, -0.25) is 20.2 Å². The number of aromatic nitrogens is 2. The van der Waals surface area contributed by atoms with Gasteiger partial charge in [-0.15, -0.1) is 0 Å². The lowest BCUT2D eigenvalue weighted by atomic mass is 10.0. The first-order valence-corrected chi connectivity index (χ1v) is 8.81. The molecule has 4 rings (SSSR count). The lowest BCUT2D eigenvalue weighted by Crippen LogP contribution is -2.04. The van der Waals surface area contributed by atoms with Crippen molar-refractivity contribution in [2.24, 2.45) is 0 Å². The zero-order chi connectivity index (χ0) is 23.2. The standard InChI is InChI=1S/C20H10N4O8/c25-19(26)13-7-17(21-15-3-1-9(23(29)30)5-11(13)15)18-8-14(20(27)28)12-6-10(24(31)32)2-4-16(12)22-18/h1-8H,(H,25,26)(H,27,28). The first-order chi connectivity index (χ1) is 15.2. The number of nitrogens with zero attached hydrogens (tertiary/aromatic N) is 4. The average molecular weight is 434 g/mol. The zero-order valence-corrected chi connectivity index (χ0v) is 15.8. The Labute approximate surface area is 176 Å². The summed E-state index contributed by atoms with van der Waals surface area (Å²) in [5.74, 6) is -2.73. The Kier molecular flexibility index (Phi) is 4.66. The highest BCUT2D eigenvalue weighted by Crippen LogP contribution is 2.30. The Balaban J connectivity index is 2.00. The maximum Gasteiger partial charge on any atom is 0.336 e. The molecule has 0 fully saturated rings. The van der Waals surface area contributed by atoms with Crippen LogP contribution in [0.5, 0.6) is 0 Å². The molecule has 32 heavy (non-hydrogen) atoms. The molecule has 0 atom stereocenters. The molecule has 12 nitrogen and oxygen atoms in total. The number of rotatable bonds is 5. The summed E-state index contributed by atoms with van der Waals surface area (Å²) in [6, 6.07) is 9.36. The van der Waals surface area contributed by atoms with Gasteiger partial charge in [0.1, 0.15) is 0 Å².